The van der Waals surface area contributed by atoms with Crippen LogP contribution in [0.3, 0.4) is 0 Å². The van der Waals surface area contributed by atoms with Crippen molar-refractivity contribution in [2.75, 3.05) is 30.8 Å². The fraction of sp³-hybridized carbons (Fsp3) is 0.429. The molecule has 0 saturated carbocycles. The first-order valence-electron chi connectivity index (χ1n) is 9.62. The molecule has 1 unspecified atom stereocenters. The van der Waals surface area contributed by atoms with Crippen molar-refractivity contribution in [2.45, 2.75) is 38.6 Å². The van der Waals surface area contributed by atoms with Gasteiger partial charge in [0.2, 0.25) is 11.8 Å². The molecular weight excluding hydrogens is 374 g/mol. The van der Waals surface area contributed by atoms with E-state index in [1.165, 1.54) is 43.3 Å². The Morgan fingerprint density at radius 2 is 2.11 bits per heavy atom. The molecule has 2 amide bonds. The van der Waals surface area contributed by atoms with Gasteiger partial charge in [0.1, 0.15) is 5.75 Å². The van der Waals surface area contributed by atoms with Crippen LogP contribution >= 0.6 is 11.3 Å². The summed E-state index contributed by atoms with van der Waals surface area (Å²) in [5, 5.41) is 7.98. The van der Waals surface area contributed by atoms with Crippen LogP contribution in [-0.2, 0) is 16.1 Å². The minimum absolute atomic E-state index is 0.00123. The minimum atomic E-state index is -0.154. The molecule has 1 fully saturated rings. The zero-order valence-corrected chi connectivity index (χ0v) is 17.0. The van der Waals surface area contributed by atoms with Crippen molar-refractivity contribution < 1.29 is 14.3 Å². The van der Waals surface area contributed by atoms with Crippen LogP contribution in [-0.4, -0.2) is 36.9 Å². The Bertz CT molecular complexity index is 902. The molecule has 28 heavy (non-hydrogen) atoms. The quantitative estimate of drug-likeness (QED) is 0.803. The molecule has 148 valence electrons. The first kappa shape index (κ1) is 19.0. The Morgan fingerprint density at radius 1 is 1.32 bits per heavy atom. The van der Waals surface area contributed by atoms with Gasteiger partial charge in [-0.3, -0.25) is 14.5 Å². The third kappa shape index (κ3) is 3.91. The predicted molar refractivity (Wildman–Crippen MR) is 111 cm³/mol. The number of fused-ring (bicyclic) bond motifs is 1. The topological polar surface area (TPSA) is 70.7 Å². The summed E-state index contributed by atoms with van der Waals surface area (Å²) in [5.74, 6) is 0.371. The third-order valence-corrected chi connectivity index (χ3v) is 6.44. The van der Waals surface area contributed by atoms with E-state index < -0.39 is 0 Å². The van der Waals surface area contributed by atoms with Gasteiger partial charge in [-0.2, -0.15) is 0 Å². The lowest BCUT2D eigenvalue weighted by Crippen LogP contribution is -2.23. The van der Waals surface area contributed by atoms with Crippen molar-refractivity contribution in [3.8, 4) is 5.75 Å². The SMILES string of the molecule is COc1cc2c(cc1NC(C)=O)C(c1cc(CN3CCCC3)cs1)CC(=O)N2. The Balaban J connectivity index is 1.66. The number of carbonyl (C=O) groups excluding carboxylic acids is 2. The number of rotatable bonds is 5. The lowest BCUT2D eigenvalue weighted by molar-refractivity contribution is -0.116. The maximum absolute atomic E-state index is 12.3. The van der Waals surface area contributed by atoms with Crippen LogP contribution < -0.4 is 15.4 Å². The zero-order valence-electron chi connectivity index (χ0n) is 16.2. The van der Waals surface area contributed by atoms with Crippen molar-refractivity contribution in [3.63, 3.8) is 0 Å². The number of hydrogen-bond donors (Lipinski definition) is 2. The maximum atomic E-state index is 12.3. The molecule has 1 atom stereocenters. The second-order valence-electron chi connectivity index (χ2n) is 7.47. The number of benzene rings is 1. The molecule has 2 aliphatic heterocycles. The summed E-state index contributed by atoms with van der Waals surface area (Å²) in [6, 6.07) is 5.96. The lowest BCUT2D eigenvalue weighted by Gasteiger charge is -2.26. The van der Waals surface area contributed by atoms with Gasteiger partial charge >= 0.3 is 0 Å². The van der Waals surface area contributed by atoms with Gasteiger partial charge in [-0.05, 0) is 54.6 Å². The number of nitrogens with zero attached hydrogens (tertiary/aromatic N) is 1. The number of ether oxygens (including phenoxy) is 1. The van der Waals surface area contributed by atoms with Crippen LogP contribution in [0.4, 0.5) is 11.4 Å². The molecule has 6 nitrogen and oxygen atoms in total. The lowest BCUT2D eigenvalue weighted by atomic mass is 9.88. The van der Waals surface area contributed by atoms with Crippen molar-refractivity contribution in [2.24, 2.45) is 0 Å². The largest absolute Gasteiger partial charge is 0.494 e. The summed E-state index contributed by atoms with van der Waals surface area (Å²) in [4.78, 5) is 27.6. The predicted octanol–water partition coefficient (Wildman–Crippen LogP) is 3.79. The molecule has 0 spiro atoms. The van der Waals surface area contributed by atoms with Crippen molar-refractivity contribution >= 4 is 34.5 Å². The van der Waals surface area contributed by atoms with E-state index in [1.54, 1.807) is 24.5 Å². The Hall–Kier alpha value is -2.38. The molecule has 7 heteroatoms. The van der Waals surface area contributed by atoms with Crippen LogP contribution in [0.25, 0.3) is 0 Å². The van der Waals surface area contributed by atoms with E-state index in [9.17, 15) is 9.59 Å². The minimum Gasteiger partial charge on any atom is -0.494 e. The van der Waals surface area contributed by atoms with E-state index in [0.717, 1.165) is 17.8 Å². The van der Waals surface area contributed by atoms with E-state index in [0.29, 0.717) is 17.9 Å². The van der Waals surface area contributed by atoms with Gasteiger partial charge in [-0.15, -0.1) is 11.3 Å². The zero-order chi connectivity index (χ0) is 19.7. The summed E-state index contributed by atoms with van der Waals surface area (Å²) in [6.45, 7) is 4.78. The van der Waals surface area contributed by atoms with Gasteiger partial charge < -0.3 is 15.4 Å². The fourth-order valence-corrected chi connectivity index (χ4v) is 5.08. The van der Waals surface area contributed by atoms with Crippen molar-refractivity contribution in [1.82, 2.24) is 4.90 Å². The number of methoxy groups -OCH3 is 1. The molecule has 0 bridgehead atoms. The number of nitrogens with one attached hydrogen (secondary N) is 2. The first-order chi connectivity index (χ1) is 13.5. The molecule has 1 aromatic heterocycles. The second-order valence-corrected chi connectivity index (χ2v) is 8.41. The third-order valence-electron chi connectivity index (χ3n) is 5.34. The summed E-state index contributed by atoms with van der Waals surface area (Å²) >= 11 is 1.71. The van der Waals surface area contributed by atoms with Gasteiger partial charge in [-0.25, -0.2) is 0 Å². The number of thiophene rings is 1. The molecule has 1 saturated heterocycles. The van der Waals surface area contributed by atoms with Crippen molar-refractivity contribution in [3.05, 3.63) is 39.6 Å². The molecule has 2 aliphatic rings. The summed E-state index contributed by atoms with van der Waals surface area (Å²) in [5.41, 5.74) is 3.70. The van der Waals surface area contributed by atoms with Crippen molar-refractivity contribution in [1.29, 1.82) is 0 Å². The van der Waals surface area contributed by atoms with Crippen LogP contribution in [0.15, 0.2) is 23.6 Å². The standard InChI is InChI=1S/C21H25N3O3S/c1-13(25)22-18-8-15-16(9-21(26)23-17(15)10-19(18)27-2)20-7-14(12-28-20)11-24-5-3-4-6-24/h7-8,10,12,16H,3-6,9,11H2,1-2H3,(H,22,25)(H,23,26). The van der Waals surface area contributed by atoms with Crippen LogP contribution in [0, 0.1) is 0 Å². The van der Waals surface area contributed by atoms with Gasteiger partial charge in [0.05, 0.1) is 12.8 Å². The highest BCUT2D eigenvalue weighted by Gasteiger charge is 2.29. The Labute approximate surface area is 168 Å². The number of likely N-dealkylation sites (tertiary alicyclic amines) is 1. The molecule has 2 N–H and O–H groups in total. The summed E-state index contributed by atoms with van der Waals surface area (Å²) < 4.78 is 5.40. The average Bonchev–Trinajstić information content (AvgIpc) is 3.33. The van der Waals surface area contributed by atoms with Crippen LogP contribution in [0.1, 0.15) is 48.1 Å². The Morgan fingerprint density at radius 3 is 2.82 bits per heavy atom. The first-order valence-corrected chi connectivity index (χ1v) is 10.5. The molecule has 2 aromatic rings. The highest BCUT2D eigenvalue weighted by atomic mass is 32.1. The number of carbonyl (C=O) groups is 2. The van der Waals surface area contributed by atoms with E-state index >= 15 is 0 Å². The molecular formula is C21H25N3O3S. The number of anilines is 2. The van der Waals surface area contributed by atoms with E-state index in [4.69, 9.17) is 4.74 Å². The highest BCUT2D eigenvalue weighted by molar-refractivity contribution is 7.10. The van der Waals surface area contributed by atoms with Gasteiger partial charge in [0, 0.05) is 42.4 Å². The molecule has 0 radical (unpaired) electrons. The van der Waals surface area contributed by atoms with Crippen LogP contribution in [0.2, 0.25) is 0 Å². The van der Waals surface area contributed by atoms with E-state index in [1.807, 2.05) is 6.07 Å². The normalized spacial score (nSPS) is 19.2. The van der Waals surface area contributed by atoms with Gasteiger partial charge in [-0.1, -0.05) is 0 Å². The second kappa shape index (κ2) is 7.93. The maximum Gasteiger partial charge on any atom is 0.225 e. The van der Waals surface area contributed by atoms with Gasteiger partial charge in [0.25, 0.3) is 0 Å². The molecule has 4 rings (SSSR count). The number of hydrogen-bond acceptors (Lipinski definition) is 5. The summed E-state index contributed by atoms with van der Waals surface area (Å²) in [6.07, 6.45) is 2.96. The number of amides is 2. The fourth-order valence-electron chi connectivity index (χ4n) is 4.06. The molecule has 1 aromatic carbocycles. The highest BCUT2D eigenvalue weighted by Crippen LogP contribution is 2.43. The molecule has 3 heterocycles. The smallest absolute Gasteiger partial charge is 0.225 e. The van der Waals surface area contributed by atoms with E-state index in [-0.39, 0.29) is 17.7 Å². The van der Waals surface area contributed by atoms with Gasteiger partial charge in [0.15, 0.2) is 0 Å². The average molecular weight is 400 g/mol. The monoisotopic (exact) mass is 399 g/mol. The molecule has 0 aliphatic carbocycles. The van der Waals surface area contributed by atoms with E-state index in [2.05, 4.69) is 27.0 Å². The Kier molecular flexibility index (Phi) is 5.37. The summed E-state index contributed by atoms with van der Waals surface area (Å²) in [7, 11) is 1.55. The van der Waals surface area contributed by atoms with Crippen LogP contribution in [0.5, 0.6) is 5.75 Å².